The summed E-state index contributed by atoms with van der Waals surface area (Å²) in [5.74, 6) is -0.807. The molecule has 1 aliphatic rings. The van der Waals surface area contributed by atoms with Gasteiger partial charge in [-0.05, 0) is 70.2 Å². The number of amides is 1. The number of aliphatic carboxylic acids is 1. The first-order valence-electron chi connectivity index (χ1n) is 7.40. The quantitative estimate of drug-likeness (QED) is 0.891. The summed E-state index contributed by atoms with van der Waals surface area (Å²) in [4.78, 5) is 23.4. The third-order valence-electron chi connectivity index (χ3n) is 4.01. The molecule has 0 aromatic heterocycles. The molecule has 0 atom stereocenters. The van der Waals surface area contributed by atoms with E-state index in [1.54, 1.807) is 26.8 Å². The van der Waals surface area contributed by atoms with E-state index in [9.17, 15) is 14.7 Å². The minimum Gasteiger partial charge on any atom is -0.481 e. The summed E-state index contributed by atoms with van der Waals surface area (Å²) in [5.41, 5.74) is 1.85. The number of hydrogen-bond acceptors (Lipinski definition) is 3. The van der Waals surface area contributed by atoms with Crippen molar-refractivity contribution in [3.63, 3.8) is 0 Å². The van der Waals surface area contributed by atoms with E-state index in [4.69, 9.17) is 4.74 Å². The molecule has 5 nitrogen and oxygen atoms in total. The minimum atomic E-state index is -0.807. The topological polar surface area (TPSA) is 75.6 Å². The van der Waals surface area contributed by atoms with E-state index in [-0.39, 0.29) is 0 Å². The van der Waals surface area contributed by atoms with Gasteiger partial charge in [-0.25, -0.2) is 4.79 Å². The van der Waals surface area contributed by atoms with Crippen LogP contribution in [0.2, 0.25) is 0 Å². The predicted molar refractivity (Wildman–Crippen MR) is 84.3 cm³/mol. The van der Waals surface area contributed by atoms with E-state index in [1.807, 2.05) is 19.9 Å². The molecule has 1 aromatic carbocycles. The van der Waals surface area contributed by atoms with Crippen LogP contribution < -0.4 is 5.32 Å². The first-order valence-corrected chi connectivity index (χ1v) is 7.40. The monoisotopic (exact) mass is 305 g/mol. The number of carbonyl (C=O) groups excluding carboxylic acids is 1. The van der Waals surface area contributed by atoms with Crippen molar-refractivity contribution in [3.8, 4) is 0 Å². The van der Waals surface area contributed by atoms with Gasteiger partial charge in [0.1, 0.15) is 5.60 Å². The molecule has 0 heterocycles. The second-order valence-electron chi connectivity index (χ2n) is 6.98. The SMILES string of the molecule is Cc1cc(C2(C(=O)O)CC2)cc(NC(=O)OC(C)(C)C)c1C. The lowest BCUT2D eigenvalue weighted by atomic mass is 9.92. The maximum atomic E-state index is 12.0. The Kier molecular flexibility index (Phi) is 3.94. The number of aryl methyl sites for hydroxylation is 1. The number of benzene rings is 1. The average Bonchev–Trinajstić information content (AvgIpc) is 3.13. The van der Waals surface area contributed by atoms with Gasteiger partial charge >= 0.3 is 12.1 Å². The highest BCUT2D eigenvalue weighted by Crippen LogP contribution is 2.49. The molecule has 2 N–H and O–H groups in total. The molecule has 1 saturated carbocycles. The highest BCUT2D eigenvalue weighted by Gasteiger charge is 2.52. The van der Waals surface area contributed by atoms with E-state index in [0.717, 1.165) is 16.7 Å². The van der Waals surface area contributed by atoms with Gasteiger partial charge in [0.15, 0.2) is 0 Å². The molecule has 1 aliphatic carbocycles. The summed E-state index contributed by atoms with van der Waals surface area (Å²) in [5, 5.41) is 12.2. The summed E-state index contributed by atoms with van der Waals surface area (Å²) in [6.45, 7) is 9.20. The van der Waals surface area contributed by atoms with Crippen molar-refractivity contribution < 1.29 is 19.4 Å². The summed E-state index contributed by atoms with van der Waals surface area (Å²) in [7, 11) is 0. The largest absolute Gasteiger partial charge is 0.481 e. The fourth-order valence-electron chi connectivity index (χ4n) is 2.43. The number of carbonyl (C=O) groups is 2. The van der Waals surface area contributed by atoms with E-state index < -0.39 is 23.1 Å². The van der Waals surface area contributed by atoms with E-state index in [2.05, 4.69) is 5.32 Å². The fourth-order valence-corrected chi connectivity index (χ4v) is 2.43. The highest BCUT2D eigenvalue weighted by atomic mass is 16.6. The number of rotatable bonds is 3. The molecule has 22 heavy (non-hydrogen) atoms. The maximum absolute atomic E-state index is 12.0. The molecule has 0 spiro atoms. The Morgan fingerprint density at radius 3 is 2.27 bits per heavy atom. The Balaban J connectivity index is 2.30. The van der Waals surface area contributed by atoms with Gasteiger partial charge in [-0.15, -0.1) is 0 Å². The van der Waals surface area contributed by atoms with E-state index in [0.29, 0.717) is 18.5 Å². The first-order chi connectivity index (χ1) is 10.0. The van der Waals surface area contributed by atoms with Gasteiger partial charge in [-0.1, -0.05) is 6.07 Å². The molecule has 1 aromatic rings. The molecule has 5 heteroatoms. The van der Waals surface area contributed by atoms with Gasteiger partial charge in [0.25, 0.3) is 0 Å². The Bertz CT molecular complexity index is 624. The lowest BCUT2D eigenvalue weighted by Gasteiger charge is -2.21. The van der Waals surface area contributed by atoms with Crippen LogP contribution in [0.3, 0.4) is 0 Å². The third kappa shape index (κ3) is 3.24. The smallest absolute Gasteiger partial charge is 0.412 e. The Morgan fingerprint density at radius 2 is 1.82 bits per heavy atom. The van der Waals surface area contributed by atoms with Crippen molar-refractivity contribution in [2.45, 2.75) is 58.5 Å². The Hall–Kier alpha value is -2.04. The zero-order valence-corrected chi connectivity index (χ0v) is 13.7. The Labute approximate surface area is 130 Å². The van der Waals surface area contributed by atoms with Crippen molar-refractivity contribution >= 4 is 17.7 Å². The van der Waals surface area contributed by atoms with Crippen LogP contribution in [0, 0.1) is 13.8 Å². The van der Waals surface area contributed by atoms with E-state index in [1.165, 1.54) is 0 Å². The summed E-state index contributed by atoms with van der Waals surface area (Å²) in [6.07, 6.45) is 0.736. The predicted octanol–water partition coefficient (Wildman–Crippen LogP) is 3.77. The number of anilines is 1. The molecule has 0 unspecified atom stereocenters. The minimum absolute atomic E-state index is 0.535. The molecule has 1 amide bonds. The Morgan fingerprint density at radius 1 is 1.23 bits per heavy atom. The summed E-state index contributed by atoms with van der Waals surface area (Å²) < 4.78 is 5.26. The summed E-state index contributed by atoms with van der Waals surface area (Å²) in [6, 6.07) is 3.66. The van der Waals surface area contributed by atoms with Crippen molar-refractivity contribution in [1.29, 1.82) is 0 Å². The highest BCUT2D eigenvalue weighted by molar-refractivity contribution is 5.89. The molecular weight excluding hydrogens is 282 g/mol. The number of carboxylic acid groups (broad SMARTS) is 1. The van der Waals surface area contributed by atoms with Gasteiger partial charge < -0.3 is 9.84 Å². The first kappa shape index (κ1) is 16.3. The molecule has 1 fully saturated rings. The van der Waals surface area contributed by atoms with Gasteiger partial charge in [0.05, 0.1) is 5.41 Å². The maximum Gasteiger partial charge on any atom is 0.412 e. The molecule has 2 rings (SSSR count). The van der Waals surface area contributed by atoms with Crippen molar-refractivity contribution in [2.24, 2.45) is 0 Å². The van der Waals surface area contributed by atoms with Crippen LogP contribution in [-0.4, -0.2) is 22.8 Å². The van der Waals surface area contributed by atoms with Gasteiger partial charge in [0.2, 0.25) is 0 Å². The average molecular weight is 305 g/mol. The second kappa shape index (κ2) is 5.30. The molecule has 0 radical (unpaired) electrons. The summed E-state index contributed by atoms with van der Waals surface area (Å²) >= 11 is 0. The van der Waals surface area contributed by atoms with Crippen LogP contribution in [0.4, 0.5) is 10.5 Å². The number of carboxylic acids is 1. The van der Waals surface area contributed by atoms with Gasteiger partial charge in [0, 0.05) is 5.69 Å². The second-order valence-corrected chi connectivity index (χ2v) is 6.98. The van der Waals surface area contributed by atoms with Gasteiger partial charge in [-0.2, -0.15) is 0 Å². The zero-order chi connectivity index (χ0) is 16.7. The van der Waals surface area contributed by atoms with Crippen molar-refractivity contribution in [3.05, 3.63) is 28.8 Å². The van der Waals surface area contributed by atoms with Crippen LogP contribution in [0.1, 0.15) is 50.3 Å². The van der Waals surface area contributed by atoms with Crippen LogP contribution in [0.25, 0.3) is 0 Å². The number of ether oxygens (including phenoxy) is 1. The van der Waals surface area contributed by atoms with Crippen molar-refractivity contribution in [1.82, 2.24) is 0 Å². The normalized spacial score (nSPS) is 16.0. The number of hydrogen-bond donors (Lipinski definition) is 2. The van der Waals surface area contributed by atoms with Crippen LogP contribution in [0.15, 0.2) is 12.1 Å². The molecule has 0 aliphatic heterocycles. The standard InChI is InChI=1S/C17H23NO4/c1-10-8-12(17(6-7-17)14(19)20)9-13(11(10)2)18-15(21)22-16(3,4)5/h8-9H,6-7H2,1-5H3,(H,18,21)(H,19,20). The fraction of sp³-hybridized carbons (Fsp3) is 0.529. The van der Waals surface area contributed by atoms with Crippen molar-refractivity contribution in [2.75, 3.05) is 5.32 Å². The number of nitrogens with one attached hydrogen (secondary N) is 1. The molecule has 0 bridgehead atoms. The molecular formula is C17H23NO4. The van der Waals surface area contributed by atoms with Crippen LogP contribution >= 0.6 is 0 Å². The van der Waals surface area contributed by atoms with E-state index >= 15 is 0 Å². The molecule has 120 valence electrons. The lowest BCUT2D eigenvalue weighted by Crippen LogP contribution is -2.28. The molecule has 0 saturated heterocycles. The van der Waals surface area contributed by atoms with Crippen LogP contribution in [-0.2, 0) is 14.9 Å². The lowest BCUT2D eigenvalue weighted by molar-refractivity contribution is -0.140. The van der Waals surface area contributed by atoms with Gasteiger partial charge in [-0.3, -0.25) is 10.1 Å². The van der Waals surface area contributed by atoms with Crippen LogP contribution in [0.5, 0.6) is 0 Å². The third-order valence-corrected chi connectivity index (χ3v) is 4.01. The zero-order valence-electron chi connectivity index (χ0n) is 13.7.